The highest BCUT2D eigenvalue weighted by atomic mass is 32.2. The summed E-state index contributed by atoms with van der Waals surface area (Å²) < 4.78 is 35.8. The number of Topliss-reactive ketones (excluding diaryl/α,β-unsaturated/α-hetero) is 1. The minimum Gasteiger partial charge on any atom is -0.461 e. The van der Waals surface area contributed by atoms with E-state index in [1.54, 1.807) is 30.5 Å². The molecular weight excluding hydrogens is 919 g/mol. The van der Waals surface area contributed by atoms with E-state index in [1.807, 2.05) is 48.5 Å². The maximum Gasteiger partial charge on any atom is 0.259 e. The number of carbonyl (C=O) groups excluding carboxylic acids is 2. The van der Waals surface area contributed by atoms with Gasteiger partial charge in [0, 0.05) is 43.4 Å². The SMILES string of the molecule is CS(=O)(=O)c1nc(N)n2nc(-c3ccco3)nc2n1.NCCc1ccc(C(=O)CCCN2CCC2)cc1.Nc1nc(NCCc2ccc(C(=O)NCCN3CCC3)cc2)nc2nc(-c3ccco3)nn12. The van der Waals surface area contributed by atoms with E-state index in [-0.39, 0.29) is 35.2 Å². The number of furan rings is 2. The van der Waals surface area contributed by atoms with Crippen LogP contribution in [0.25, 0.3) is 34.7 Å². The molecule has 2 aliphatic heterocycles. The number of hydrogen-bond donors (Lipinski definition) is 5. The first-order valence-electron chi connectivity index (χ1n) is 22.9. The zero-order valence-corrected chi connectivity index (χ0v) is 39.5. The maximum atomic E-state index is 12.3. The molecule has 0 unspecified atom stereocenters. The first kappa shape index (κ1) is 48.8. The number of sulfone groups is 1. The molecule has 0 radical (unpaired) electrons. The second-order valence-electron chi connectivity index (χ2n) is 16.6. The smallest absolute Gasteiger partial charge is 0.259 e. The van der Waals surface area contributed by atoms with Crippen molar-refractivity contribution in [1.82, 2.24) is 64.2 Å². The van der Waals surface area contributed by atoms with E-state index in [1.165, 1.54) is 42.3 Å². The van der Waals surface area contributed by atoms with E-state index in [2.05, 4.69) is 60.5 Å². The number of aromatic nitrogens is 10. The normalized spacial score (nSPS) is 13.7. The summed E-state index contributed by atoms with van der Waals surface area (Å²) in [5, 5.41) is 14.1. The third-order valence-electron chi connectivity index (χ3n) is 11.4. The molecule has 8 heterocycles. The summed E-state index contributed by atoms with van der Waals surface area (Å²) in [6.07, 6.45) is 9.83. The number of benzene rings is 2. The number of fused-ring (bicyclic) bond motifs is 2. The Hall–Kier alpha value is -7.67. The molecule has 0 bridgehead atoms. The Morgan fingerprint density at radius 2 is 1.23 bits per heavy atom. The van der Waals surface area contributed by atoms with Crippen molar-refractivity contribution in [2.75, 3.05) is 81.9 Å². The van der Waals surface area contributed by atoms with Crippen molar-refractivity contribution in [2.24, 2.45) is 5.73 Å². The van der Waals surface area contributed by atoms with E-state index in [0.29, 0.717) is 60.7 Å². The molecule has 0 spiro atoms. The first-order chi connectivity index (χ1) is 33.9. The number of ketones is 1. The van der Waals surface area contributed by atoms with Crippen LogP contribution in [0.2, 0.25) is 0 Å². The monoisotopic (exact) mass is 973 g/mol. The summed E-state index contributed by atoms with van der Waals surface area (Å²) in [6, 6.07) is 22.4. The molecular formula is C46H55N17O6S. The molecule has 0 atom stereocenters. The van der Waals surface area contributed by atoms with Gasteiger partial charge in [0.15, 0.2) is 17.3 Å². The standard InChI is InChI=1S/C22H25N9O2.C15H22N2O.C9H8N6O3S/c23-20-27-21(28-22-26-18(29-31(20)22)17-3-1-14-33-17)25-9-8-15-4-6-16(7-5-15)19(32)24-10-13-30-11-2-12-30;16-9-8-13-4-6-14(7-5-13)15(18)3-1-10-17-11-2-12-17;1-19(16,17)9-12-7(10)15-8(13-9)11-6(14-15)5-3-2-4-18-5/h1,3-7,14H,2,8-13H2,(H,24,32)(H3,23,25,26,27,28,29);4-7H,1-3,8-12,16H2;2-4H,1H3,(H2,10,11,12,13,14). The highest BCUT2D eigenvalue weighted by molar-refractivity contribution is 7.90. The van der Waals surface area contributed by atoms with Crippen LogP contribution in [0.15, 0.2) is 99.3 Å². The predicted octanol–water partition coefficient (Wildman–Crippen LogP) is 3.07. The molecule has 8 aromatic rings. The number of nitrogens with one attached hydrogen (secondary N) is 2. The van der Waals surface area contributed by atoms with Crippen LogP contribution in [-0.4, -0.2) is 144 Å². The Balaban J connectivity index is 0.000000152. The summed E-state index contributed by atoms with van der Waals surface area (Å²) in [7, 11) is -3.57. The molecule has 0 aliphatic carbocycles. The van der Waals surface area contributed by atoms with E-state index in [9.17, 15) is 18.0 Å². The molecule has 8 N–H and O–H groups in total. The quantitative estimate of drug-likeness (QED) is 0.0772. The molecule has 6 aromatic heterocycles. The second kappa shape index (κ2) is 22.6. The van der Waals surface area contributed by atoms with Crippen LogP contribution in [0.5, 0.6) is 0 Å². The lowest BCUT2D eigenvalue weighted by Gasteiger charge is -2.30. The maximum absolute atomic E-state index is 12.3. The Bertz CT molecular complexity index is 3100. The molecule has 0 saturated carbocycles. The van der Waals surface area contributed by atoms with Gasteiger partial charge in [0.05, 0.1) is 12.5 Å². The van der Waals surface area contributed by atoms with Gasteiger partial charge in [0.25, 0.3) is 22.6 Å². The van der Waals surface area contributed by atoms with Crippen molar-refractivity contribution >= 4 is 50.9 Å². The third-order valence-corrected chi connectivity index (χ3v) is 12.2. The van der Waals surface area contributed by atoms with Crippen molar-refractivity contribution in [3.8, 4) is 23.2 Å². The first-order valence-corrected chi connectivity index (χ1v) is 24.8. The van der Waals surface area contributed by atoms with Gasteiger partial charge in [0.2, 0.25) is 39.3 Å². The number of carbonyl (C=O) groups is 2. The van der Waals surface area contributed by atoms with Crippen LogP contribution in [0.4, 0.5) is 17.8 Å². The molecule has 2 fully saturated rings. The summed E-state index contributed by atoms with van der Waals surface area (Å²) in [6.45, 7) is 8.59. The van der Waals surface area contributed by atoms with Crippen LogP contribution in [0.3, 0.4) is 0 Å². The molecule has 70 heavy (non-hydrogen) atoms. The van der Waals surface area contributed by atoms with Crippen molar-refractivity contribution in [2.45, 2.75) is 43.7 Å². The van der Waals surface area contributed by atoms with Crippen molar-refractivity contribution in [3.05, 3.63) is 108 Å². The third kappa shape index (κ3) is 12.7. The minimum atomic E-state index is -3.57. The Kier molecular flexibility index (Phi) is 15.8. The Morgan fingerprint density at radius 3 is 1.77 bits per heavy atom. The van der Waals surface area contributed by atoms with Gasteiger partial charge in [-0.25, -0.2) is 8.42 Å². The van der Waals surface area contributed by atoms with Gasteiger partial charge in [-0.15, -0.1) is 10.2 Å². The number of nitrogen functional groups attached to an aromatic ring is 2. The highest BCUT2D eigenvalue weighted by Crippen LogP contribution is 2.20. The largest absolute Gasteiger partial charge is 0.461 e. The second-order valence-corrected chi connectivity index (χ2v) is 18.5. The number of amides is 1. The highest BCUT2D eigenvalue weighted by Gasteiger charge is 2.20. The lowest BCUT2D eigenvalue weighted by Crippen LogP contribution is -2.42. The molecule has 1 amide bonds. The Morgan fingerprint density at radius 1 is 0.671 bits per heavy atom. The number of anilines is 3. The molecule has 10 rings (SSSR count). The fourth-order valence-electron chi connectivity index (χ4n) is 7.27. The van der Waals surface area contributed by atoms with E-state index < -0.39 is 15.0 Å². The summed E-state index contributed by atoms with van der Waals surface area (Å²) in [4.78, 5) is 53.5. The predicted molar refractivity (Wildman–Crippen MR) is 260 cm³/mol. The Labute approximate surface area is 402 Å². The summed E-state index contributed by atoms with van der Waals surface area (Å²) in [5.74, 6) is 2.62. The average Bonchev–Trinajstić information content (AvgIpc) is 4.17. The molecule has 24 heteroatoms. The fourth-order valence-corrected chi connectivity index (χ4v) is 7.78. The van der Waals surface area contributed by atoms with E-state index >= 15 is 0 Å². The van der Waals surface area contributed by atoms with E-state index in [4.69, 9.17) is 26.0 Å². The van der Waals surface area contributed by atoms with Crippen molar-refractivity contribution < 1.29 is 26.8 Å². The minimum absolute atomic E-state index is 0.0410. The van der Waals surface area contributed by atoms with Gasteiger partial charge >= 0.3 is 0 Å². The van der Waals surface area contributed by atoms with Gasteiger partial charge < -0.3 is 46.5 Å². The zero-order valence-electron chi connectivity index (χ0n) is 38.6. The van der Waals surface area contributed by atoms with Crippen molar-refractivity contribution in [3.63, 3.8) is 0 Å². The number of hydrogen-bond acceptors (Lipinski definition) is 20. The number of rotatable bonds is 18. The number of nitrogens with zero attached hydrogens (tertiary/aromatic N) is 12. The van der Waals surface area contributed by atoms with Gasteiger partial charge in [0.1, 0.15) is 0 Å². The van der Waals surface area contributed by atoms with Crippen LogP contribution >= 0.6 is 0 Å². The van der Waals surface area contributed by atoms with Crippen LogP contribution in [-0.2, 0) is 22.7 Å². The fraction of sp³-hybridized carbons (Fsp3) is 0.348. The number of nitrogens with two attached hydrogens (primary N) is 3. The molecule has 23 nitrogen and oxygen atoms in total. The van der Waals surface area contributed by atoms with Gasteiger partial charge in [-0.3, -0.25) is 9.59 Å². The summed E-state index contributed by atoms with van der Waals surface area (Å²) in [5.41, 5.74) is 20.9. The van der Waals surface area contributed by atoms with Crippen LogP contribution in [0.1, 0.15) is 57.5 Å². The molecule has 2 saturated heterocycles. The lowest BCUT2D eigenvalue weighted by molar-refractivity contribution is 0.0939. The summed E-state index contributed by atoms with van der Waals surface area (Å²) >= 11 is 0. The van der Waals surface area contributed by atoms with Gasteiger partial charge in [-0.05, 0) is 119 Å². The molecule has 2 aliphatic rings. The number of likely N-dealkylation sites (tertiary alicyclic amines) is 2. The topological polar surface area (TPSA) is 315 Å². The van der Waals surface area contributed by atoms with Gasteiger partial charge in [-0.1, -0.05) is 36.4 Å². The van der Waals surface area contributed by atoms with Gasteiger partial charge in [-0.2, -0.15) is 38.9 Å². The van der Waals surface area contributed by atoms with E-state index in [0.717, 1.165) is 67.3 Å². The average molecular weight is 974 g/mol. The zero-order chi connectivity index (χ0) is 49.0. The molecule has 366 valence electrons. The van der Waals surface area contributed by atoms with Crippen LogP contribution in [0, 0.1) is 0 Å². The van der Waals surface area contributed by atoms with Crippen LogP contribution < -0.4 is 27.8 Å². The molecule has 2 aromatic carbocycles. The van der Waals surface area contributed by atoms with Crippen molar-refractivity contribution in [1.29, 1.82) is 0 Å². The lowest BCUT2D eigenvalue weighted by atomic mass is 10.0.